The summed E-state index contributed by atoms with van der Waals surface area (Å²) in [5.74, 6) is -3.10. The van der Waals surface area contributed by atoms with E-state index in [0.29, 0.717) is 59.9 Å². The van der Waals surface area contributed by atoms with Gasteiger partial charge < -0.3 is 38.4 Å². The van der Waals surface area contributed by atoms with Crippen LogP contribution in [-0.2, 0) is 59.4 Å². The van der Waals surface area contributed by atoms with Crippen LogP contribution in [0, 0.1) is 19.8 Å². The van der Waals surface area contributed by atoms with Crippen LogP contribution in [0.5, 0.6) is 0 Å². The quantitative estimate of drug-likeness (QED) is 0.0925. The largest absolute Gasteiger partial charge is 0.469 e. The molecule has 3 aromatic heterocycles. The van der Waals surface area contributed by atoms with Crippen LogP contribution in [0.4, 0.5) is 0 Å². The molecule has 0 aromatic carbocycles. The Kier molecular flexibility index (Phi) is 13.6. The number of nitrogens with zero attached hydrogens (tertiary/aromatic N) is 2. The van der Waals surface area contributed by atoms with E-state index in [4.69, 9.17) is 38.4 Å². The number of methoxy groups -OCH3 is 4. The number of carbonyl (C=O) groups is 4. The van der Waals surface area contributed by atoms with Gasteiger partial charge in [0.25, 0.3) is 0 Å². The molecule has 2 N–H and O–H groups in total. The van der Waals surface area contributed by atoms with Crippen LogP contribution in [0.3, 0.4) is 0 Å². The lowest BCUT2D eigenvalue weighted by molar-refractivity contribution is -0.149. The van der Waals surface area contributed by atoms with Gasteiger partial charge in [-0.25, -0.2) is 9.78 Å². The van der Waals surface area contributed by atoms with Crippen molar-refractivity contribution in [2.24, 2.45) is 5.92 Å². The number of hydrogen-bond acceptors (Lipinski definition) is 12. The van der Waals surface area contributed by atoms with Gasteiger partial charge in [0, 0.05) is 53.7 Å². The van der Waals surface area contributed by atoms with Gasteiger partial charge in [-0.3, -0.25) is 19.4 Å². The summed E-state index contributed by atoms with van der Waals surface area (Å²) in [5, 5.41) is 0. The first kappa shape index (κ1) is 44.4. The van der Waals surface area contributed by atoms with Crippen molar-refractivity contribution in [2.45, 2.75) is 78.9 Å². The van der Waals surface area contributed by atoms with Crippen molar-refractivity contribution in [3.05, 3.63) is 93.1 Å². The Balaban J connectivity index is 1.77. The van der Waals surface area contributed by atoms with Crippen molar-refractivity contribution in [1.29, 1.82) is 0 Å². The lowest BCUT2D eigenvalue weighted by Crippen LogP contribution is -2.42. The molecule has 3 aliphatic rings. The molecule has 6 rings (SSSR count). The number of rotatable bonds is 14. The van der Waals surface area contributed by atoms with Crippen molar-refractivity contribution >= 4 is 68.7 Å². The molecular formula is C47H54N4O10. The summed E-state index contributed by atoms with van der Waals surface area (Å²) < 4.78 is 32.3. The Morgan fingerprint density at radius 1 is 0.738 bits per heavy atom. The number of fused-ring (bicyclic) bond motifs is 11. The number of H-pyrrole nitrogens is 2. The Morgan fingerprint density at radius 2 is 1.39 bits per heavy atom. The van der Waals surface area contributed by atoms with Crippen LogP contribution in [-0.4, -0.2) is 91.8 Å². The lowest BCUT2D eigenvalue weighted by atomic mass is 9.64. The third kappa shape index (κ3) is 8.60. The summed E-state index contributed by atoms with van der Waals surface area (Å²) >= 11 is 0. The van der Waals surface area contributed by atoms with Gasteiger partial charge in [-0.15, -0.1) is 0 Å². The Hall–Kier alpha value is -6.12. The minimum absolute atomic E-state index is 0.126. The SMILES string of the molecule is CCOC(/C=C/c1c(C)c2cc3[nH]c(cc4nc(cc5nc(cc1[nH]2)C1(C)C5=CC=C(C(=O)OC)C1C(=O)OC)C(C)=C4CCC(=O)OC)c(CCC(=O)OC)c3C)OCC. The van der Waals surface area contributed by atoms with Crippen LogP contribution in [0.25, 0.3) is 44.9 Å². The summed E-state index contributed by atoms with van der Waals surface area (Å²) in [5.41, 5.74) is 10.1. The number of aryl methyl sites for hydroxylation is 3. The number of ether oxygens (including phenoxy) is 6. The number of aromatic amines is 2. The van der Waals surface area contributed by atoms with Crippen molar-refractivity contribution in [3.63, 3.8) is 0 Å². The van der Waals surface area contributed by atoms with E-state index in [0.717, 1.165) is 50.0 Å². The van der Waals surface area contributed by atoms with Crippen molar-refractivity contribution in [2.75, 3.05) is 41.7 Å². The van der Waals surface area contributed by atoms with Crippen LogP contribution in [0.2, 0.25) is 0 Å². The molecule has 0 amide bonds. The zero-order chi connectivity index (χ0) is 44.2. The van der Waals surface area contributed by atoms with Gasteiger partial charge in [0.15, 0.2) is 6.29 Å². The zero-order valence-electron chi connectivity index (χ0n) is 36.5. The highest BCUT2D eigenvalue weighted by Crippen LogP contribution is 2.52. The number of aromatic nitrogens is 4. The third-order valence-electron chi connectivity index (χ3n) is 11.8. The van der Waals surface area contributed by atoms with Crippen molar-refractivity contribution < 1.29 is 47.6 Å². The molecular weight excluding hydrogens is 781 g/mol. The Labute approximate surface area is 355 Å². The highest BCUT2D eigenvalue weighted by atomic mass is 16.7. The van der Waals surface area contributed by atoms with Gasteiger partial charge in [-0.1, -0.05) is 18.2 Å². The molecule has 0 fully saturated rings. The van der Waals surface area contributed by atoms with Gasteiger partial charge in [-0.2, -0.15) is 0 Å². The first-order valence-electron chi connectivity index (χ1n) is 20.3. The molecule has 61 heavy (non-hydrogen) atoms. The standard InChI is InChI=1S/C47H54N4O10/c1-11-60-43(61-12-2)20-16-30-27(5)34-21-33-25(3)28(14-18-41(52)56-7)36(48-33)23-37-29(15-19-42(53)57-8)26(4)35(49-37)22-39-32-17-13-31(45(54)58-9)44(46(55)59-10)47(32,6)40(51-39)24-38(30)50-34/h13,16-17,20-24,43-44,48,50H,11-12,14-15,18-19H2,1-10H3/b20-16+,33-21?,34-21?,35-22?,36-23?,37-23?,38-24?,39-22?,40-24?. The third-order valence-corrected chi connectivity index (χ3v) is 11.8. The molecule has 2 atom stereocenters. The number of nitrogens with one attached hydrogen (secondary N) is 2. The highest BCUT2D eigenvalue weighted by Gasteiger charge is 2.53. The number of allylic oxidation sites excluding steroid dienone is 5. The van der Waals surface area contributed by atoms with E-state index >= 15 is 0 Å². The second-order valence-corrected chi connectivity index (χ2v) is 15.1. The fourth-order valence-corrected chi connectivity index (χ4v) is 8.39. The number of carbonyl (C=O) groups excluding carboxylic acids is 4. The number of esters is 4. The van der Waals surface area contributed by atoms with Gasteiger partial charge in [0.2, 0.25) is 0 Å². The lowest BCUT2D eigenvalue weighted by Gasteiger charge is -2.36. The van der Waals surface area contributed by atoms with Crippen molar-refractivity contribution in [3.8, 4) is 0 Å². The molecule has 0 radical (unpaired) electrons. The van der Waals surface area contributed by atoms with Crippen LogP contribution >= 0.6 is 0 Å². The van der Waals surface area contributed by atoms with Crippen LogP contribution in [0.1, 0.15) is 92.0 Å². The minimum Gasteiger partial charge on any atom is -0.469 e. The topological polar surface area (TPSA) is 181 Å². The molecule has 0 saturated carbocycles. The minimum atomic E-state index is -1.21. The summed E-state index contributed by atoms with van der Waals surface area (Å²) in [6.45, 7) is 12.5. The van der Waals surface area contributed by atoms with E-state index in [1.54, 1.807) is 12.2 Å². The van der Waals surface area contributed by atoms with E-state index in [-0.39, 0.29) is 30.4 Å². The van der Waals surface area contributed by atoms with Gasteiger partial charge in [-0.05, 0) is 118 Å². The van der Waals surface area contributed by atoms with E-state index in [1.807, 2.05) is 78.0 Å². The predicted octanol–water partition coefficient (Wildman–Crippen LogP) is 7.58. The van der Waals surface area contributed by atoms with Gasteiger partial charge in [0.05, 0.1) is 62.2 Å². The first-order chi connectivity index (χ1) is 29.2. The average Bonchev–Trinajstić information content (AvgIpc) is 3.91. The normalized spacial score (nSPS) is 17.3. The van der Waals surface area contributed by atoms with Crippen LogP contribution < -0.4 is 0 Å². The fraction of sp³-hybridized carbons (Fsp3) is 0.404. The molecule has 322 valence electrons. The summed E-state index contributed by atoms with van der Waals surface area (Å²) in [6, 6.07) is 7.74. The first-order valence-corrected chi connectivity index (χ1v) is 20.3. The summed E-state index contributed by atoms with van der Waals surface area (Å²) in [7, 11) is 5.30. The molecule has 5 heterocycles. The molecule has 14 nitrogen and oxygen atoms in total. The Bertz CT molecular complexity index is 2550. The molecule has 2 unspecified atom stereocenters. The van der Waals surface area contributed by atoms with E-state index < -0.39 is 29.6 Å². The molecule has 3 aromatic rings. The molecule has 14 heteroatoms. The number of hydrogen-bond donors (Lipinski definition) is 2. The van der Waals surface area contributed by atoms with E-state index in [2.05, 4.69) is 9.97 Å². The second kappa shape index (κ2) is 18.7. The van der Waals surface area contributed by atoms with E-state index in [9.17, 15) is 19.2 Å². The van der Waals surface area contributed by atoms with Crippen LogP contribution in [0.15, 0.2) is 48.1 Å². The molecule has 0 spiro atoms. The highest BCUT2D eigenvalue weighted by molar-refractivity contribution is 6.02. The zero-order valence-corrected chi connectivity index (χ0v) is 36.5. The van der Waals surface area contributed by atoms with E-state index in [1.165, 1.54) is 28.4 Å². The van der Waals surface area contributed by atoms with Gasteiger partial charge in [0.1, 0.15) is 5.92 Å². The molecule has 1 aliphatic carbocycles. The monoisotopic (exact) mass is 834 g/mol. The molecule has 2 aliphatic heterocycles. The summed E-state index contributed by atoms with van der Waals surface area (Å²) in [4.78, 5) is 69.8. The maximum Gasteiger partial charge on any atom is 0.334 e. The molecule has 8 bridgehead atoms. The molecule has 0 saturated heterocycles. The maximum atomic E-state index is 13.9. The Morgan fingerprint density at radius 3 is 2.03 bits per heavy atom. The predicted molar refractivity (Wildman–Crippen MR) is 232 cm³/mol. The van der Waals surface area contributed by atoms with Crippen molar-refractivity contribution in [1.82, 2.24) is 19.9 Å². The summed E-state index contributed by atoms with van der Waals surface area (Å²) in [6.07, 6.45) is 7.63. The van der Waals surface area contributed by atoms with Gasteiger partial charge >= 0.3 is 23.9 Å². The smallest absolute Gasteiger partial charge is 0.334 e. The fourth-order valence-electron chi connectivity index (χ4n) is 8.39. The average molecular weight is 835 g/mol. The maximum absolute atomic E-state index is 13.9. The second-order valence-electron chi connectivity index (χ2n) is 15.1.